The first-order valence-electron chi connectivity index (χ1n) is 10.3. The summed E-state index contributed by atoms with van der Waals surface area (Å²) in [4.78, 5) is 25.4. The summed E-state index contributed by atoms with van der Waals surface area (Å²) in [5.74, 6) is -0.259. The fourth-order valence-electron chi connectivity index (χ4n) is 3.34. The first-order valence-corrected chi connectivity index (χ1v) is 11.5. The second kappa shape index (κ2) is 10.4. The average Bonchev–Trinajstić information content (AvgIpc) is 3.10. The number of hydrogen-bond acceptors (Lipinski definition) is 4. The Kier molecular flexibility index (Phi) is 7.32. The fraction of sp³-hybridized carbons (Fsp3) is 0.120. The monoisotopic (exact) mass is 516 g/mol. The topological polar surface area (TPSA) is 67.9 Å². The number of carbonyl (C=O) groups is 2. The van der Waals surface area contributed by atoms with Gasteiger partial charge in [0.05, 0.1) is 27.4 Å². The van der Waals surface area contributed by atoms with Gasteiger partial charge in [0.1, 0.15) is 12.2 Å². The molecule has 2 amide bonds. The Bertz CT molecular complexity index is 1280. The summed E-state index contributed by atoms with van der Waals surface area (Å²) in [6, 6.07) is 17.3. The number of ether oxygens (including phenoxy) is 2. The van der Waals surface area contributed by atoms with E-state index in [1.54, 1.807) is 54.6 Å². The molecule has 3 aromatic rings. The molecule has 0 aliphatic carbocycles. The van der Waals surface area contributed by atoms with Gasteiger partial charge < -0.3 is 9.47 Å². The van der Waals surface area contributed by atoms with Crippen LogP contribution in [-0.4, -0.2) is 18.4 Å². The van der Waals surface area contributed by atoms with Crippen molar-refractivity contribution in [1.82, 2.24) is 5.43 Å². The van der Waals surface area contributed by atoms with Gasteiger partial charge in [0.2, 0.25) is 0 Å². The van der Waals surface area contributed by atoms with Gasteiger partial charge in [0.25, 0.3) is 11.8 Å². The Balaban J connectivity index is 1.60. The zero-order chi connectivity index (χ0) is 24.2. The highest BCUT2D eigenvalue weighted by molar-refractivity contribution is 6.42. The number of anilines is 1. The van der Waals surface area contributed by atoms with Crippen LogP contribution in [0.15, 0.2) is 66.2 Å². The zero-order valence-electron chi connectivity index (χ0n) is 18.0. The Morgan fingerprint density at radius 2 is 1.68 bits per heavy atom. The number of hydrogen-bond donors (Lipinski definition) is 1. The van der Waals surface area contributed by atoms with Gasteiger partial charge in [-0.05, 0) is 60.5 Å². The van der Waals surface area contributed by atoms with Gasteiger partial charge in [-0.1, -0.05) is 59.1 Å². The summed E-state index contributed by atoms with van der Waals surface area (Å²) in [7, 11) is 0. The molecule has 0 atom stereocenters. The molecule has 0 radical (unpaired) electrons. The summed E-state index contributed by atoms with van der Waals surface area (Å²) >= 11 is 18.5. The molecule has 6 nitrogen and oxygen atoms in total. The van der Waals surface area contributed by atoms with Gasteiger partial charge in [0.15, 0.2) is 11.5 Å². The SMILES string of the molecule is CCOc1cc(C=C2C(=O)NN(c3ccccc3)C2=O)cc(Cl)c1OCc1ccc(Cl)c(Cl)c1. The van der Waals surface area contributed by atoms with Crippen molar-refractivity contribution in [3.63, 3.8) is 0 Å². The molecular weight excluding hydrogens is 499 g/mol. The molecule has 1 saturated heterocycles. The van der Waals surface area contributed by atoms with E-state index in [2.05, 4.69) is 5.43 Å². The minimum atomic E-state index is -0.511. The van der Waals surface area contributed by atoms with Gasteiger partial charge in [-0.25, -0.2) is 5.01 Å². The van der Waals surface area contributed by atoms with Crippen molar-refractivity contribution in [2.75, 3.05) is 11.6 Å². The van der Waals surface area contributed by atoms with Crippen LogP contribution in [0.1, 0.15) is 18.1 Å². The average molecular weight is 518 g/mol. The molecule has 1 aliphatic rings. The number of rotatable bonds is 7. The molecule has 4 rings (SSSR count). The lowest BCUT2D eigenvalue weighted by Gasteiger charge is -2.15. The van der Waals surface area contributed by atoms with Crippen LogP contribution >= 0.6 is 34.8 Å². The van der Waals surface area contributed by atoms with Crippen molar-refractivity contribution in [2.24, 2.45) is 0 Å². The van der Waals surface area contributed by atoms with E-state index in [1.807, 2.05) is 13.0 Å². The van der Waals surface area contributed by atoms with Crippen LogP contribution in [0.5, 0.6) is 11.5 Å². The lowest BCUT2D eigenvalue weighted by Crippen LogP contribution is -2.35. The van der Waals surface area contributed by atoms with Crippen molar-refractivity contribution in [3.8, 4) is 11.5 Å². The quantitative estimate of drug-likeness (QED) is 0.304. The number of benzene rings is 3. The molecule has 0 spiro atoms. The second-order valence-corrected chi connectivity index (χ2v) is 8.50. The minimum Gasteiger partial charge on any atom is -0.490 e. The third kappa shape index (κ3) is 5.14. The van der Waals surface area contributed by atoms with Gasteiger partial charge in [0, 0.05) is 0 Å². The maximum atomic E-state index is 12.9. The Morgan fingerprint density at radius 3 is 2.38 bits per heavy atom. The predicted molar refractivity (Wildman–Crippen MR) is 133 cm³/mol. The van der Waals surface area contributed by atoms with Crippen LogP contribution < -0.4 is 19.9 Å². The first kappa shape index (κ1) is 24.0. The number of hydrazine groups is 1. The number of nitrogens with one attached hydrogen (secondary N) is 1. The minimum absolute atomic E-state index is 0.0214. The standard InChI is InChI=1S/C25H19Cl3N2O4/c1-2-33-22-13-16(10-18-24(31)29-30(25(18)32)17-6-4-3-5-7-17)12-21(28)23(22)34-14-15-8-9-19(26)20(27)11-15/h3-13H,2,14H2,1H3,(H,29,31). The summed E-state index contributed by atoms with van der Waals surface area (Å²) in [5, 5.41) is 2.34. The number of halogens is 3. The number of para-hydroxylation sites is 1. The molecule has 1 N–H and O–H groups in total. The summed E-state index contributed by atoms with van der Waals surface area (Å²) < 4.78 is 11.6. The van der Waals surface area contributed by atoms with Gasteiger partial charge in [-0.2, -0.15) is 0 Å². The molecular formula is C25H19Cl3N2O4. The van der Waals surface area contributed by atoms with E-state index in [-0.39, 0.29) is 17.2 Å². The van der Waals surface area contributed by atoms with Gasteiger partial charge >= 0.3 is 0 Å². The second-order valence-electron chi connectivity index (χ2n) is 7.28. The van der Waals surface area contributed by atoms with Gasteiger partial charge in [-0.3, -0.25) is 15.0 Å². The van der Waals surface area contributed by atoms with Gasteiger partial charge in [-0.15, -0.1) is 0 Å². The van der Waals surface area contributed by atoms with Crippen molar-refractivity contribution in [2.45, 2.75) is 13.5 Å². The van der Waals surface area contributed by atoms with Crippen LogP contribution in [-0.2, 0) is 16.2 Å². The number of nitrogens with zero attached hydrogens (tertiary/aromatic N) is 1. The van der Waals surface area contributed by atoms with E-state index in [9.17, 15) is 9.59 Å². The predicted octanol–water partition coefficient (Wildman–Crippen LogP) is 6.09. The highest BCUT2D eigenvalue weighted by Gasteiger charge is 2.34. The Hall–Kier alpha value is -3.19. The molecule has 34 heavy (non-hydrogen) atoms. The third-order valence-corrected chi connectivity index (χ3v) is 5.94. The molecule has 1 heterocycles. The third-order valence-electron chi connectivity index (χ3n) is 4.92. The zero-order valence-corrected chi connectivity index (χ0v) is 20.2. The Labute approximate surface area is 211 Å². The smallest absolute Gasteiger partial charge is 0.282 e. The van der Waals surface area contributed by atoms with Crippen LogP contribution in [0.4, 0.5) is 5.69 Å². The summed E-state index contributed by atoms with van der Waals surface area (Å²) in [5.41, 5.74) is 4.42. The molecule has 1 fully saturated rings. The van der Waals surface area contributed by atoms with Crippen LogP contribution in [0, 0.1) is 0 Å². The lowest BCUT2D eigenvalue weighted by molar-refractivity contribution is -0.117. The fourth-order valence-corrected chi connectivity index (χ4v) is 3.94. The lowest BCUT2D eigenvalue weighted by atomic mass is 10.1. The molecule has 174 valence electrons. The van der Waals surface area contributed by atoms with E-state index >= 15 is 0 Å². The molecule has 0 saturated carbocycles. The van der Waals surface area contributed by atoms with E-state index < -0.39 is 11.8 Å². The maximum Gasteiger partial charge on any atom is 0.282 e. The van der Waals surface area contributed by atoms with Crippen molar-refractivity contribution in [3.05, 3.63) is 92.4 Å². The molecule has 9 heteroatoms. The molecule has 0 bridgehead atoms. The number of amides is 2. The normalized spacial score (nSPS) is 14.5. The summed E-state index contributed by atoms with van der Waals surface area (Å²) in [6.45, 7) is 2.37. The van der Waals surface area contributed by atoms with E-state index in [1.165, 1.54) is 11.1 Å². The van der Waals surface area contributed by atoms with Crippen molar-refractivity contribution >= 4 is 58.4 Å². The Morgan fingerprint density at radius 1 is 0.912 bits per heavy atom. The highest BCUT2D eigenvalue weighted by Crippen LogP contribution is 2.38. The summed E-state index contributed by atoms with van der Waals surface area (Å²) in [6.07, 6.45) is 1.47. The van der Waals surface area contributed by atoms with Crippen LogP contribution in [0.25, 0.3) is 6.08 Å². The van der Waals surface area contributed by atoms with Crippen LogP contribution in [0.3, 0.4) is 0 Å². The van der Waals surface area contributed by atoms with E-state index in [0.717, 1.165) is 5.56 Å². The molecule has 0 aromatic heterocycles. The largest absolute Gasteiger partial charge is 0.490 e. The van der Waals surface area contributed by atoms with Crippen molar-refractivity contribution < 1.29 is 19.1 Å². The van der Waals surface area contributed by atoms with Crippen LogP contribution in [0.2, 0.25) is 15.1 Å². The maximum absolute atomic E-state index is 12.9. The molecule has 1 aliphatic heterocycles. The highest BCUT2D eigenvalue weighted by atomic mass is 35.5. The number of carbonyl (C=O) groups excluding carboxylic acids is 2. The first-order chi connectivity index (χ1) is 16.4. The molecule has 0 unspecified atom stereocenters. The van der Waals surface area contributed by atoms with E-state index in [0.29, 0.717) is 39.4 Å². The van der Waals surface area contributed by atoms with E-state index in [4.69, 9.17) is 44.3 Å². The van der Waals surface area contributed by atoms with Crippen molar-refractivity contribution in [1.29, 1.82) is 0 Å². The molecule has 3 aromatic carbocycles.